The van der Waals surface area contributed by atoms with Crippen molar-refractivity contribution in [1.82, 2.24) is 0 Å². The van der Waals surface area contributed by atoms with Crippen molar-refractivity contribution in [1.29, 1.82) is 10.5 Å². The third kappa shape index (κ3) is 4.31. The van der Waals surface area contributed by atoms with Crippen LogP contribution in [0.25, 0.3) is 0 Å². The third-order valence-corrected chi connectivity index (χ3v) is 5.64. The second kappa shape index (κ2) is 8.64. The number of carbonyl (C=O) groups is 2. The van der Waals surface area contributed by atoms with Crippen LogP contribution in [0.5, 0.6) is 0 Å². The van der Waals surface area contributed by atoms with Gasteiger partial charge in [0.25, 0.3) is 0 Å². The Morgan fingerprint density at radius 1 is 1.10 bits per heavy atom. The van der Waals surface area contributed by atoms with E-state index in [-0.39, 0.29) is 28.8 Å². The predicted octanol–water partition coefficient (Wildman–Crippen LogP) is 4.04. The highest BCUT2D eigenvalue weighted by Gasteiger charge is 2.41. The van der Waals surface area contributed by atoms with Crippen molar-refractivity contribution in [2.45, 2.75) is 25.5 Å². The van der Waals surface area contributed by atoms with Gasteiger partial charge in [-0.2, -0.15) is 10.5 Å². The quantitative estimate of drug-likeness (QED) is 0.599. The largest absolute Gasteiger partial charge is 0.349 e. The molecule has 2 amide bonds. The molecule has 29 heavy (non-hydrogen) atoms. The zero-order valence-corrected chi connectivity index (χ0v) is 16.8. The van der Waals surface area contributed by atoms with Gasteiger partial charge in [-0.05, 0) is 37.6 Å². The highest BCUT2D eigenvalue weighted by molar-refractivity contribution is 8.04. The van der Waals surface area contributed by atoms with Gasteiger partial charge in [-0.1, -0.05) is 47.7 Å². The number of nitriles is 2. The van der Waals surface area contributed by atoms with Gasteiger partial charge >= 0.3 is 0 Å². The molecule has 1 aliphatic heterocycles. The summed E-state index contributed by atoms with van der Waals surface area (Å²) >= 11 is 1.04. The SMILES string of the molecule is Cc1ccc(N2C(=O)CC(SC(Nc3ccccc3)=C(C#N)C#N)C2=O)c(C)c1. The Kier molecular flexibility index (Phi) is 6.01. The van der Waals surface area contributed by atoms with E-state index in [4.69, 9.17) is 0 Å². The Labute approximate surface area is 173 Å². The number of allylic oxidation sites excluding steroid dienone is 1. The fourth-order valence-electron chi connectivity index (χ4n) is 3.08. The summed E-state index contributed by atoms with van der Waals surface area (Å²) in [5.41, 5.74) is 2.99. The average Bonchev–Trinajstić information content (AvgIpc) is 2.97. The van der Waals surface area contributed by atoms with Crippen LogP contribution in [0.3, 0.4) is 0 Å². The number of carbonyl (C=O) groups excluding carboxylic acids is 2. The summed E-state index contributed by atoms with van der Waals surface area (Å²) in [7, 11) is 0. The molecule has 1 heterocycles. The van der Waals surface area contributed by atoms with Gasteiger partial charge < -0.3 is 5.32 Å². The minimum absolute atomic E-state index is 0.000916. The lowest BCUT2D eigenvalue weighted by Crippen LogP contribution is -2.31. The molecular formula is C22H18N4O2S. The van der Waals surface area contributed by atoms with Gasteiger partial charge in [0.1, 0.15) is 17.2 Å². The summed E-state index contributed by atoms with van der Waals surface area (Å²) in [6, 6.07) is 18.3. The highest BCUT2D eigenvalue weighted by Crippen LogP contribution is 2.36. The first-order valence-electron chi connectivity index (χ1n) is 8.92. The number of anilines is 2. The lowest BCUT2D eigenvalue weighted by molar-refractivity contribution is -0.121. The van der Waals surface area contributed by atoms with Crippen LogP contribution >= 0.6 is 11.8 Å². The Hall–Kier alpha value is -3.55. The summed E-state index contributed by atoms with van der Waals surface area (Å²) in [6.45, 7) is 3.80. The molecule has 6 nitrogen and oxygen atoms in total. The van der Waals surface area contributed by atoms with Crippen molar-refractivity contribution in [3.05, 3.63) is 70.3 Å². The first kappa shape index (κ1) is 20.2. The molecule has 1 unspecified atom stereocenters. The monoisotopic (exact) mass is 402 g/mol. The molecule has 144 valence electrons. The Bertz CT molecular complexity index is 1060. The first-order chi connectivity index (χ1) is 13.9. The van der Waals surface area contributed by atoms with Crippen LogP contribution in [0.2, 0.25) is 0 Å². The van der Waals surface area contributed by atoms with Crippen molar-refractivity contribution >= 4 is 35.0 Å². The van der Waals surface area contributed by atoms with Gasteiger partial charge in [-0.25, -0.2) is 4.90 Å². The van der Waals surface area contributed by atoms with Crippen LogP contribution in [0.1, 0.15) is 17.5 Å². The van der Waals surface area contributed by atoms with Crippen LogP contribution in [-0.2, 0) is 9.59 Å². The molecule has 0 saturated carbocycles. The van der Waals surface area contributed by atoms with E-state index in [0.29, 0.717) is 11.4 Å². The Morgan fingerprint density at radius 2 is 1.79 bits per heavy atom. The fraction of sp³-hybridized carbons (Fsp3) is 0.182. The molecule has 1 N–H and O–H groups in total. The molecule has 0 spiro atoms. The molecular weight excluding hydrogens is 384 g/mol. The molecule has 7 heteroatoms. The van der Waals surface area contributed by atoms with E-state index in [1.165, 1.54) is 4.90 Å². The normalized spacial score (nSPS) is 15.6. The van der Waals surface area contributed by atoms with E-state index in [1.54, 1.807) is 18.2 Å². The third-order valence-electron chi connectivity index (χ3n) is 4.44. The summed E-state index contributed by atoms with van der Waals surface area (Å²) in [4.78, 5) is 26.8. The van der Waals surface area contributed by atoms with E-state index in [1.807, 2.05) is 56.3 Å². The van der Waals surface area contributed by atoms with Crippen LogP contribution in [-0.4, -0.2) is 17.1 Å². The number of thioether (sulfide) groups is 1. The average molecular weight is 402 g/mol. The number of hydrogen-bond acceptors (Lipinski definition) is 6. The molecule has 3 rings (SSSR count). The van der Waals surface area contributed by atoms with Crippen molar-refractivity contribution in [3.8, 4) is 12.1 Å². The molecule has 2 aromatic carbocycles. The number of rotatable bonds is 5. The second-order valence-electron chi connectivity index (χ2n) is 6.59. The maximum absolute atomic E-state index is 13.0. The van der Waals surface area contributed by atoms with E-state index < -0.39 is 5.25 Å². The number of amides is 2. The Balaban J connectivity index is 1.88. The van der Waals surface area contributed by atoms with E-state index >= 15 is 0 Å². The lowest BCUT2D eigenvalue weighted by atomic mass is 10.1. The summed E-state index contributed by atoms with van der Waals surface area (Å²) in [5.74, 6) is -0.650. The van der Waals surface area contributed by atoms with Crippen molar-refractivity contribution in [3.63, 3.8) is 0 Å². The van der Waals surface area contributed by atoms with E-state index in [0.717, 1.165) is 22.9 Å². The Morgan fingerprint density at radius 3 is 2.41 bits per heavy atom. The minimum Gasteiger partial charge on any atom is -0.349 e. The summed E-state index contributed by atoms with van der Waals surface area (Å²) < 4.78 is 0. The smallest absolute Gasteiger partial charge is 0.247 e. The molecule has 0 radical (unpaired) electrons. The molecule has 1 saturated heterocycles. The summed E-state index contributed by atoms with van der Waals surface area (Å²) in [6.07, 6.45) is 0.000916. The molecule has 1 fully saturated rings. The van der Waals surface area contributed by atoms with Gasteiger partial charge in [0.15, 0.2) is 5.57 Å². The number of aryl methyl sites for hydroxylation is 2. The molecule has 0 aliphatic carbocycles. The number of hydrogen-bond donors (Lipinski definition) is 1. The van der Waals surface area contributed by atoms with Gasteiger partial charge in [0.05, 0.1) is 10.9 Å². The second-order valence-corrected chi connectivity index (χ2v) is 7.80. The fourth-order valence-corrected chi connectivity index (χ4v) is 4.18. The maximum Gasteiger partial charge on any atom is 0.247 e. The number of imide groups is 1. The number of nitrogens with zero attached hydrogens (tertiary/aromatic N) is 3. The lowest BCUT2D eigenvalue weighted by Gasteiger charge is -2.18. The number of benzene rings is 2. The standard InChI is InChI=1S/C22H18N4O2S/c1-14-8-9-18(15(2)10-14)26-20(27)11-19(22(26)28)29-21(16(12-23)13-24)25-17-6-4-3-5-7-17/h3-10,19,25H,11H2,1-2H3. The molecule has 1 atom stereocenters. The summed E-state index contributed by atoms with van der Waals surface area (Å²) in [5, 5.41) is 21.2. The highest BCUT2D eigenvalue weighted by atomic mass is 32.2. The number of para-hydroxylation sites is 1. The van der Waals surface area contributed by atoms with Crippen molar-refractivity contribution in [2.75, 3.05) is 10.2 Å². The van der Waals surface area contributed by atoms with Gasteiger partial charge in [0, 0.05) is 12.1 Å². The van der Waals surface area contributed by atoms with E-state index in [2.05, 4.69) is 5.32 Å². The molecule has 0 bridgehead atoms. The zero-order valence-electron chi connectivity index (χ0n) is 16.0. The van der Waals surface area contributed by atoms with Crippen LogP contribution < -0.4 is 10.2 Å². The topological polar surface area (TPSA) is 97.0 Å². The van der Waals surface area contributed by atoms with E-state index in [9.17, 15) is 20.1 Å². The molecule has 2 aromatic rings. The van der Waals surface area contributed by atoms with Crippen molar-refractivity contribution in [2.24, 2.45) is 0 Å². The van der Waals surface area contributed by atoms with Crippen LogP contribution in [0.15, 0.2) is 59.1 Å². The van der Waals surface area contributed by atoms with Gasteiger partial charge in [0.2, 0.25) is 11.8 Å². The molecule has 0 aromatic heterocycles. The number of nitrogens with one attached hydrogen (secondary N) is 1. The van der Waals surface area contributed by atoms with Gasteiger partial charge in [-0.3, -0.25) is 9.59 Å². The zero-order chi connectivity index (χ0) is 21.0. The predicted molar refractivity (Wildman–Crippen MR) is 113 cm³/mol. The first-order valence-corrected chi connectivity index (χ1v) is 9.79. The van der Waals surface area contributed by atoms with Crippen LogP contribution in [0.4, 0.5) is 11.4 Å². The maximum atomic E-state index is 13.0. The minimum atomic E-state index is -0.717. The van der Waals surface area contributed by atoms with Crippen molar-refractivity contribution < 1.29 is 9.59 Å². The molecule has 1 aliphatic rings. The van der Waals surface area contributed by atoms with Gasteiger partial charge in [-0.15, -0.1) is 0 Å². The van der Waals surface area contributed by atoms with Crippen LogP contribution in [0, 0.1) is 36.5 Å².